The highest BCUT2D eigenvalue weighted by Crippen LogP contribution is 2.49. The highest BCUT2D eigenvalue weighted by atomic mass is 16.5. The second-order valence-corrected chi connectivity index (χ2v) is 10.3. The van der Waals surface area contributed by atoms with Gasteiger partial charge in [0.05, 0.1) is 12.7 Å². The molecular formula is C28H34N4O4. The van der Waals surface area contributed by atoms with Gasteiger partial charge in [-0.2, -0.15) is 0 Å². The molecule has 1 amide bonds. The number of ether oxygens (including phenoxy) is 1. The van der Waals surface area contributed by atoms with Gasteiger partial charge in [-0.3, -0.25) is 9.69 Å². The van der Waals surface area contributed by atoms with E-state index in [1.807, 2.05) is 24.2 Å². The van der Waals surface area contributed by atoms with E-state index in [9.17, 15) is 14.7 Å². The lowest BCUT2D eigenvalue weighted by atomic mass is 9.68. The summed E-state index contributed by atoms with van der Waals surface area (Å²) in [6, 6.07) is 9.63. The van der Waals surface area contributed by atoms with Crippen molar-refractivity contribution in [2.45, 2.75) is 39.3 Å². The van der Waals surface area contributed by atoms with Gasteiger partial charge in [0.1, 0.15) is 5.75 Å². The van der Waals surface area contributed by atoms with E-state index in [0.29, 0.717) is 6.54 Å². The molecule has 190 valence electrons. The molecule has 2 aliphatic rings. The van der Waals surface area contributed by atoms with Crippen molar-refractivity contribution in [2.24, 2.45) is 5.41 Å². The second kappa shape index (κ2) is 9.17. The zero-order valence-electron chi connectivity index (χ0n) is 21.4. The molecule has 3 aromatic rings. The molecular weight excluding hydrogens is 456 g/mol. The average molecular weight is 491 g/mol. The number of benzene rings is 2. The quantitative estimate of drug-likeness (QED) is 0.474. The van der Waals surface area contributed by atoms with Crippen LogP contribution in [0.15, 0.2) is 36.5 Å². The first-order valence-electron chi connectivity index (χ1n) is 12.4. The van der Waals surface area contributed by atoms with E-state index in [2.05, 4.69) is 34.3 Å². The Bertz CT molecular complexity index is 1320. The first-order valence-corrected chi connectivity index (χ1v) is 12.4. The Labute approximate surface area is 211 Å². The van der Waals surface area contributed by atoms with Crippen LogP contribution in [0.4, 0.5) is 5.69 Å². The molecule has 0 saturated carbocycles. The summed E-state index contributed by atoms with van der Waals surface area (Å²) in [5.74, 6) is 0.0611. The Morgan fingerprint density at radius 1 is 1.25 bits per heavy atom. The van der Waals surface area contributed by atoms with Crippen molar-refractivity contribution in [1.82, 2.24) is 14.8 Å². The Morgan fingerprint density at radius 3 is 2.69 bits per heavy atom. The minimum absolute atomic E-state index is 0.0677. The van der Waals surface area contributed by atoms with Crippen LogP contribution in [0.1, 0.15) is 52.9 Å². The van der Waals surface area contributed by atoms with Crippen molar-refractivity contribution in [3.63, 3.8) is 0 Å². The zero-order chi connectivity index (χ0) is 25.6. The number of hydrogen-bond acceptors (Lipinski definition) is 5. The number of carboxylic acid groups (broad SMARTS) is 1. The topological polar surface area (TPSA) is 97.9 Å². The lowest BCUT2D eigenvalue weighted by molar-refractivity contribution is -0.146. The van der Waals surface area contributed by atoms with Gasteiger partial charge in [-0.15, -0.1) is 0 Å². The van der Waals surface area contributed by atoms with Crippen molar-refractivity contribution in [1.29, 1.82) is 0 Å². The van der Waals surface area contributed by atoms with E-state index >= 15 is 0 Å². The average Bonchev–Trinajstić information content (AvgIpc) is 3.34. The Hall–Kier alpha value is -3.52. The minimum Gasteiger partial charge on any atom is -0.496 e. The summed E-state index contributed by atoms with van der Waals surface area (Å²) < 4.78 is 5.82. The third-order valence-corrected chi connectivity index (χ3v) is 8.12. The summed E-state index contributed by atoms with van der Waals surface area (Å²) in [4.78, 5) is 31.3. The monoisotopic (exact) mass is 490 g/mol. The predicted octanol–water partition coefficient (Wildman–Crippen LogP) is 4.41. The van der Waals surface area contributed by atoms with Gasteiger partial charge in [-0.05, 0) is 61.7 Å². The number of likely N-dealkylation sites (tertiary alicyclic amines) is 2. The number of nitrogens with zero attached hydrogens (tertiary/aromatic N) is 2. The van der Waals surface area contributed by atoms with E-state index in [-0.39, 0.29) is 22.9 Å². The minimum atomic E-state index is -0.939. The van der Waals surface area contributed by atoms with Gasteiger partial charge in [0.2, 0.25) is 5.91 Å². The predicted molar refractivity (Wildman–Crippen MR) is 140 cm³/mol. The normalized spacial score (nSPS) is 19.3. The van der Waals surface area contributed by atoms with Gasteiger partial charge < -0.3 is 25.0 Å². The number of H-pyrrole nitrogens is 1. The molecule has 1 spiro atoms. The fraction of sp³-hybridized carbons (Fsp3) is 0.429. The summed E-state index contributed by atoms with van der Waals surface area (Å²) >= 11 is 0. The molecule has 0 aliphatic carbocycles. The number of aromatic amines is 1. The van der Waals surface area contributed by atoms with Crippen LogP contribution in [-0.2, 0) is 11.3 Å². The summed E-state index contributed by atoms with van der Waals surface area (Å²) in [6.07, 6.45) is 3.89. The summed E-state index contributed by atoms with van der Waals surface area (Å²) in [5.41, 5.74) is 5.67. The van der Waals surface area contributed by atoms with Crippen LogP contribution in [0.5, 0.6) is 5.75 Å². The fourth-order valence-corrected chi connectivity index (χ4v) is 6.13. The van der Waals surface area contributed by atoms with Crippen molar-refractivity contribution >= 4 is 28.5 Å². The highest BCUT2D eigenvalue weighted by molar-refractivity contribution is 5.89. The molecule has 0 radical (unpaired) electrons. The number of amides is 1. The number of rotatable bonds is 6. The molecule has 2 aromatic carbocycles. The van der Waals surface area contributed by atoms with Crippen molar-refractivity contribution in [3.05, 3.63) is 58.8 Å². The molecule has 1 aromatic heterocycles. The van der Waals surface area contributed by atoms with Crippen LogP contribution in [0.25, 0.3) is 10.9 Å². The zero-order valence-corrected chi connectivity index (χ0v) is 21.4. The fourth-order valence-electron chi connectivity index (χ4n) is 6.13. The van der Waals surface area contributed by atoms with Crippen LogP contribution in [0.2, 0.25) is 0 Å². The molecule has 0 bridgehead atoms. The molecule has 36 heavy (non-hydrogen) atoms. The van der Waals surface area contributed by atoms with E-state index < -0.39 is 5.97 Å². The molecule has 2 fully saturated rings. The number of aromatic nitrogens is 1. The molecule has 1 atom stereocenters. The van der Waals surface area contributed by atoms with Crippen LogP contribution in [0, 0.1) is 12.3 Å². The molecule has 2 aliphatic heterocycles. The number of piperidine rings is 1. The summed E-state index contributed by atoms with van der Waals surface area (Å²) in [5, 5.41) is 13.9. The first kappa shape index (κ1) is 24.2. The van der Waals surface area contributed by atoms with Crippen molar-refractivity contribution in [2.75, 3.05) is 39.1 Å². The first-order chi connectivity index (χ1) is 17.2. The maximum atomic E-state index is 11.9. The van der Waals surface area contributed by atoms with Gasteiger partial charge >= 0.3 is 5.97 Å². The maximum absolute atomic E-state index is 11.9. The molecule has 5 rings (SSSR count). The number of carbonyl (C=O) groups is 2. The van der Waals surface area contributed by atoms with Gasteiger partial charge in [0, 0.05) is 73.4 Å². The lowest BCUT2D eigenvalue weighted by Crippen LogP contribution is -2.61. The number of nitrogens with one attached hydrogen (secondary N) is 2. The Kier molecular flexibility index (Phi) is 6.16. The van der Waals surface area contributed by atoms with Gasteiger partial charge in [-0.1, -0.05) is 6.07 Å². The summed E-state index contributed by atoms with van der Waals surface area (Å²) in [7, 11) is 3.55. The summed E-state index contributed by atoms with van der Waals surface area (Å²) in [6.45, 7) is 6.87. The molecule has 8 heteroatoms. The van der Waals surface area contributed by atoms with E-state index in [4.69, 9.17) is 4.74 Å². The maximum Gasteiger partial charge on any atom is 0.335 e. The van der Waals surface area contributed by atoms with Crippen LogP contribution >= 0.6 is 0 Å². The number of aryl methyl sites for hydroxylation is 1. The number of fused-ring (bicyclic) bond motifs is 1. The number of carboxylic acids is 1. The number of hydrogen-bond donors (Lipinski definition) is 3. The van der Waals surface area contributed by atoms with Gasteiger partial charge in [0.15, 0.2) is 0 Å². The van der Waals surface area contributed by atoms with Gasteiger partial charge in [-0.25, -0.2) is 4.79 Å². The SMILES string of the molecule is CNc1cc(C(=O)O)ccc1[C@@H]1CC2(CCN1Cc1c(OC)cc(C)c3[nH]ccc13)CN(C(C)=O)C2. The number of carbonyl (C=O) groups excluding carboxylic acids is 1. The largest absolute Gasteiger partial charge is 0.496 e. The highest BCUT2D eigenvalue weighted by Gasteiger charge is 2.49. The van der Waals surface area contributed by atoms with Crippen molar-refractivity contribution in [3.8, 4) is 5.75 Å². The third kappa shape index (κ3) is 4.09. The smallest absolute Gasteiger partial charge is 0.335 e. The van der Waals surface area contributed by atoms with E-state index in [1.54, 1.807) is 26.2 Å². The second-order valence-electron chi connectivity index (χ2n) is 10.3. The third-order valence-electron chi connectivity index (χ3n) is 8.12. The van der Waals surface area contributed by atoms with Crippen LogP contribution in [-0.4, -0.2) is 65.6 Å². The van der Waals surface area contributed by atoms with Crippen LogP contribution in [0.3, 0.4) is 0 Å². The molecule has 2 saturated heterocycles. The Balaban J connectivity index is 1.54. The van der Waals surface area contributed by atoms with E-state index in [1.165, 1.54) is 0 Å². The standard InChI is InChI=1S/C28H34N4O4/c1-17-11-25(36-4)22(20-7-9-30-26(17)20)14-31-10-8-28(15-32(16-28)18(2)33)13-24(31)21-6-5-19(27(34)35)12-23(21)29-3/h5-7,9,11-12,24,29-30H,8,10,13-16H2,1-4H3,(H,34,35)/t24-/m0/s1. The van der Waals surface area contributed by atoms with Crippen molar-refractivity contribution < 1.29 is 19.4 Å². The molecule has 3 N–H and O–H groups in total. The van der Waals surface area contributed by atoms with Gasteiger partial charge in [0.25, 0.3) is 0 Å². The number of aromatic carboxylic acids is 1. The Morgan fingerprint density at radius 2 is 2.03 bits per heavy atom. The van der Waals surface area contributed by atoms with Crippen LogP contribution < -0.4 is 10.1 Å². The molecule has 0 unspecified atom stereocenters. The van der Waals surface area contributed by atoms with E-state index in [0.717, 1.165) is 71.5 Å². The lowest BCUT2D eigenvalue weighted by Gasteiger charge is -2.56. The number of methoxy groups -OCH3 is 1. The molecule has 8 nitrogen and oxygen atoms in total. The molecule has 3 heterocycles. The number of anilines is 1.